The van der Waals surface area contributed by atoms with Crippen LogP contribution in [-0.4, -0.2) is 12.6 Å². The molecular formula is C11H17NO. The molecule has 0 spiro atoms. The molecular weight excluding hydrogens is 162 g/mol. The molecule has 0 aliphatic heterocycles. The smallest absolute Gasteiger partial charge is 0.0717 e. The number of nitrogens with two attached hydrogens (primary N) is 1. The molecule has 0 fully saturated rings. The minimum Gasteiger partial charge on any atom is -0.375 e. The number of hydrogen-bond donors (Lipinski definition) is 1. The first-order chi connectivity index (χ1) is 6.18. The monoisotopic (exact) mass is 179 g/mol. The Labute approximate surface area is 79.7 Å². The highest BCUT2D eigenvalue weighted by molar-refractivity contribution is 5.21. The molecule has 2 nitrogen and oxygen atoms in total. The van der Waals surface area contributed by atoms with Crippen LogP contribution in [0.25, 0.3) is 0 Å². The largest absolute Gasteiger partial charge is 0.375 e. The molecule has 0 saturated heterocycles. The SMILES string of the molecule is Cc1cccc(COCC(C)N)c1. The minimum atomic E-state index is 0.116. The molecule has 0 aliphatic rings. The van der Waals surface area contributed by atoms with E-state index in [1.54, 1.807) is 0 Å². The molecule has 0 amide bonds. The maximum absolute atomic E-state index is 5.56. The Morgan fingerprint density at radius 2 is 2.23 bits per heavy atom. The zero-order chi connectivity index (χ0) is 9.68. The van der Waals surface area contributed by atoms with Crippen LogP contribution in [0.4, 0.5) is 0 Å². The fourth-order valence-corrected chi connectivity index (χ4v) is 1.16. The van der Waals surface area contributed by atoms with Gasteiger partial charge < -0.3 is 10.5 Å². The van der Waals surface area contributed by atoms with Crippen LogP contribution >= 0.6 is 0 Å². The summed E-state index contributed by atoms with van der Waals surface area (Å²) in [4.78, 5) is 0. The van der Waals surface area contributed by atoms with E-state index in [0.29, 0.717) is 13.2 Å². The summed E-state index contributed by atoms with van der Waals surface area (Å²) in [5.41, 5.74) is 8.04. The average molecular weight is 179 g/mol. The lowest BCUT2D eigenvalue weighted by molar-refractivity contribution is 0.111. The van der Waals surface area contributed by atoms with E-state index in [0.717, 1.165) is 0 Å². The van der Waals surface area contributed by atoms with Gasteiger partial charge in [0.1, 0.15) is 0 Å². The van der Waals surface area contributed by atoms with E-state index in [2.05, 4.69) is 25.1 Å². The zero-order valence-electron chi connectivity index (χ0n) is 8.29. The standard InChI is InChI=1S/C11H17NO/c1-9-4-3-5-11(6-9)8-13-7-10(2)12/h3-6,10H,7-8,12H2,1-2H3. The van der Waals surface area contributed by atoms with Crippen molar-refractivity contribution in [1.29, 1.82) is 0 Å². The van der Waals surface area contributed by atoms with Gasteiger partial charge in [-0.15, -0.1) is 0 Å². The first-order valence-electron chi connectivity index (χ1n) is 4.57. The van der Waals surface area contributed by atoms with Crippen LogP contribution < -0.4 is 5.73 Å². The maximum Gasteiger partial charge on any atom is 0.0717 e. The van der Waals surface area contributed by atoms with E-state index in [4.69, 9.17) is 10.5 Å². The second-order valence-electron chi connectivity index (χ2n) is 3.48. The molecule has 0 bridgehead atoms. The summed E-state index contributed by atoms with van der Waals surface area (Å²) < 4.78 is 5.41. The van der Waals surface area contributed by atoms with Gasteiger partial charge in [-0.2, -0.15) is 0 Å². The van der Waals surface area contributed by atoms with Crippen LogP contribution in [0.2, 0.25) is 0 Å². The van der Waals surface area contributed by atoms with Crippen molar-refractivity contribution >= 4 is 0 Å². The fraction of sp³-hybridized carbons (Fsp3) is 0.455. The second kappa shape index (κ2) is 5.00. The molecule has 0 radical (unpaired) electrons. The number of rotatable bonds is 4. The molecule has 1 atom stereocenters. The number of hydrogen-bond acceptors (Lipinski definition) is 2. The quantitative estimate of drug-likeness (QED) is 0.765. The van der Waals surface area contributed by atoms with Crippen LogP contribution in [0.5, 0.6) is 0 Å². The van der Waals surface area contributed by atoms with Crippen LogP contribution in [-0.2, 0) is 11.3 Å². The molecule has 0 saturated carbocycles. The molecule has 1 rings (SSSR count). The lowest BCUT2D eigenvalue weighted by atomic mass is 10.1. The van der Waals surface area contributed by atoms with Gasteiger partial charge in [0.2, 0.25) is 0 Å². The maximum atomic E-state index is 5.56. The van der Waals surface area contributed by atoms with Crippen molar-refractivity contribution in [2.45, 2.75) is 26.5 Å². The molecule has 1 aromatic rings. The van der Waals surface area contributed by atoms with Gasteiger partial charge in [-0.3, -0.25) is 0 Å². The first-order valence-corrected chi connectivity index (χ1v) is 4.57. The highest BCUT2D eigenvalue weighted by Gasteiger charge is 1.95. The van der Waals surface area contributed by atoms with Crippen molar-refractivity contribution in [3.8, 4) is 0 Å². The van der Waals surface area contributed by atoms with Crippen LogP contribution in [0, 0.1) is 6.92 Å². The zero-order valence-corrected chi connectivity index (χ0v) is 8.29. The molecule has 2 heteroatoms. The van der Waals surface area contributed by atoms with Gasteiger partial charge in [-0.1, -0.05) is 29.8 Å². The van der Waals surface area contributed by atoms with Crippen LogP contribution in [0.15, 0.2) is 24.3 Å². The van der Waals surface area contributed by atoms with Crippen molar-refractivity contribution in [3.05, 3.63) is 35.4 Å². The summed E-state index contributed by atoms with van der Waals surface area (Å²) in [6.07, 6.45) is 0. The molecule has 0 aromatic heterocycles. The predicted octanol–water partition coefficient (Wildman–Crippen LogP) is 1.86. The van der Waals surface area contributed by atoms with Gasteiger partial charge >= 0.3 is 0 Å². The molecule has 1 aromatic carbocycles. The van der Waals surface area contributed by atoms with E-state index in [9.17, 15) is 0 Å². The molecule has 13 heavy (non-hydrogen) atoms. The van der Waals surface area contributed by atoms with Crippen molar-refractivity contribution in [2.75, 3.05) is 6.61 Å². The van der Waals surface area contributed by atoms with E-state index in [1.807, 2.05) is 13.0 Å². The van der Waals surface area contributed by atoms with E-state index in [-0.39, 0.29) is 6.04 Å². The third-order valence-corrected chi connectivity index (χ3v) is 1.73. The Morgan fingerprint density at radius 1 is 1.46 bits per heavy atom. The number of benzene rings is 1. The van der Waals surface area contributed by atoms with E-state index >= 15 is 0 Å². The summed E-state index contributed by atoms with van der Waals surface area (Å²) in [6.45, 7) is 5.29. The Hall–Kier alpha value is -0.860. The summed E-state index contributed by atoms with van der Waals surface area (Å²) in [7, 11) is 0. The Bertz CT molecular complexity index is 258. The van der Waals surface area contributed by atoms with Crippen molar-refractivity contribution < 1.29 is 4.74 Å². The van der Waals surface area contributed by atoms with Crippen molar-refractivity contribution in [1.82, 2.24) is 0 Å². The molecule has 0 aliphatic carbocycles. The average Bonchev–Trinajstić information content (AvgIpc) is 2.03. The van der Waals surface area contributed by atoms with E-state index in [1.165, 1.54) is 11.1 Å². The van der Waals surface area contributed by atoms with Gasteiger partial charge in [0.05, 0.1) is 13.2 Å². The topological polar surface area (TPSA) is 35.2 Å². The summed E-state index contributed by atoms with van der Waals surface area (Å²) in [6, 6.07) is 8.43. The van der Waals surface area contributed by atoms with Gasteiger partial charge in [-0.05, 0) is 19.4 Å². The van der Waals surface area contributed by atoms with Gasteiger partial charge in [0.15, 0.2) is 0 Å². The molecule has 2 N–H and O–H groups in total. The Balaban J connectivity index is 2.37. The minimum absolute atomic E-state index is 0.116. The molecule has 72 valence electrons. The van der Waals surface area contributed by atoms with Crippen LogP contribution in [0.3, 0.4) is 0 Å². The summed E-state index contributed by atoms with van der Waals surface area (Å²) in [5, 5.41) is 0. The third kappa shape index (κ3) is 4.06. The highest BCUT2D eigenvalue weighted by Crippen LogP contribution is 2.05. The van der Waals surface area contributed by atoms with Crippen molar-refractivity contribution in [2.24, 2.45) is 5.73 Å². The third-order valence-electron chi connectivity index (χ3n) is 1.73. The fourth-order valence-electron chi connectivity index (χ4n) is 1.16. The van der Waals surface area contributed by atoms with Gasteiger partial charge in [0, 0.05) is 6.04 Å². The van der Waals surface area contributed by atoms with E-state index < -0.39 is 0 Å². The number of aryl methyl sites for hydroxylation is 1. The first kappa shape index (κ1) is 10.2. The lowest BCUT2D eigenvalue weighted by Gasteiger charge is -2.07. The Kier molecular flexibility index (Phi) is 3.93. The van der Waals surface area contributed by atoms with Crippen LogP contribution in [0.1, 0.15) is 18.1 Å². The predicted molar refractivity (Wildman–Crippen MR) is 54.5 cm³/mol. The summed E-state index contributed by atoms with van der Waals surface area (Å²) >= 11 is 0. The normalized spacial score (nSPS) is 12.8. The summed E-state index contributed by atoms with van der Waals surface area (Å²) in [5.74, 6) is 0. The van der Waals surface area contributed by atoms with Gasteiger partial charge in [-0.25, -0.2) is 0 Å². The molecule has 0 heterocycles. The molecule has 1 unspecified atom stereocenters. The van der Waals surface area contributed by atoms with Gasteiger partial charge in [0.25, 0.3) is 0 Å². The highest BCUT2D eigenvalue weighted by atomic mass is 16.5. The van der Waals surface area contributed by atoms with Crippen molar-refractivity contribution in [3.63, 3.8) is 0 Å². The number of ether oxygens (including phenoxy) is 1. The Morgan fingerprint density at radius 3 is 2.85 bits per heavy atom. The second-order valence-corrected chi connectivity index (χ2v) is 3.48. The lowest BCUT2D eigenvalue weighted by Crippen LogP contribution is -2.21.